The van der Waals surface area contributed by atoms with E-state index in [1.54, 1.807) is 0 Å². The summed E-state index contributed by atoms with van der Waals surface area (Å²) in [6.45, 7) is 1.34. The van der Waals surface area contributed by atoms with Crippen molar-refractivity contribution in [2.75, 3.05) is 12.4 Å². The third kappa shape index (κ3) is 3.39. The Bertz CT molecular complexity index is 359. The van der Waals surface area contributed by atoms with E-state index in [0.29, 0.717) is 24.0 Å². The van der Waals surface area contributed by atoms with Crippen LogP contribution in [0.25, 0.3) is 0 Å². The summed E-state index contributed by atoms with van der Waals surface area (Å²) >= 11 is 5.76. The molecule has 1 aliphatic carbocycles. The van der Waals surface area contributed by atoms with Gasteiger partial charge >= 0.3 is 0 Å². The van der Waals surface area contributed by atoms with Crippen molar-refractivity contribution in [2.24, 2.45) is 0 Å². The minimum absolute atomic E-state index is 0.514. The van der Waals surface area contributed by atoms with Crippen LogP contribution in [0.3, 0.4) is 0 Å². The molecule has 17 heavy (non-hydrogen) atoms. The fraction of sp³-hybridized carbons (Fsp3) is 0.538. The van der Waals surface area contributed by atoms with Crippen LogP contribution in [0.15, 0.2) is 18.2 Å². The van der Waals surface area contributed by atoms with Gasteiger partial charge in [-0.1, -0.05) is 6.42 Å². The van der Waals surface area contributed by atoms with Crippen molar-refractivity contribution in [1.29, 1.82) is 0 Å². The van der Waals surface area contributed by atoms with Gasteiger partial charge < -0.3 is 0 Å². The molecule has 0 aromatic heterocycles. The Balaban J connectivity index is 2.05. The molecular weight excluding hydrogens is 244 g/mol. The van der Waals surface area contributed by atoms with Gasteiger partial charge in [0.15, 0.2) is 0 Å². The quantitative estimate of drug-likeness (QED) is 0.731. The van der Waals surface area contributed by atoms with Crippen molar-refractivity contribution in [3.05, 3.63) is 35.4 Å². The zero-order valence-electron chi connectivity index (χ0n) is 9.63. The van der Waals surface area contributed by atoms with Gasteiger partial charge in [-0.25, -0.2) is 8.78 Å². The van der Waals surface area contributed by atoms with E-state index in [9.17, 15) is 8.78 Å². The molecule has 0 bridgehead atoms. The van der Waals surface area contributed by atoms with E-state index in [0.717, 1.165) is 25.5 Å². The predicted octanol–water partition coefficient (Wildman–Crippen LogP) is 3.56. The van der Waals surface area contributed by atoms with Crippen molar-refractivity contribution in [3.63, 3.8) is 0 Å². The Morgan fingerprint density at radius 3 is 2.29 bits per heavy atom. The molecule has 0 heterocycles. The van der Waals surface area contributed by atoms with Crippen LogP contribution in [-0.2, 0) is 6.54 Å². The molecule has 94 valence electrons. The number of halogens is 3. The zero-order valence-corrected chi connectivity index (χ0v) is 10.4. The average Bonchev–Trinajstić information content (AvgIpc) is 2.13. The molecule has 0 saturated heterocycles. The summed E-state index contributed by atoms with van der Waals surface area (Å²) < 4.78 is 26.2. The SMILES string of the molecule is Fc1cc(F)cc(CN(CCCl)C2CCC2)c1. The monoisotopic (exact) mass is 259 g/mol. The number of nitrogens with zero attached hydrogens (tertiary/aromatic N) is 1. The Hall–Kier alpha value is -0.670. The van der Waals surface area contributed by atoms with E-state index in [2.05, 4.69) is 4.90 Å². The molecule has 2 rings (SSSR count). The van der Waals surface area contributed by atoms with Gasteiger partial charge in [-0.2, -0.15) is 0 Å². The lowest BCUT2D eigenvalue weighted by atomic mass is 9.91. The van der Waals surface area contributed by atoms with Crippen LogP contribution in [0.2, 0.25) is 0 Å². The van der Waals surface area contributed by atoms with Crippen LogP contribution in [0.1, 0.15) is 24.8 Å². The topological polar surface area (TPSA) is 3.24 Å². The van der Waals surface area contributed by atoms with Gasteiger partial charge in [0.05, 0.1) is 0 Å². The van der Waals surface area contributed by atoms with E-state index in [4.69, 9.17) is 11.6 Å². The van der Waals surface area contributed by atoms with Gasteiger partial charge in [0.1, 0.15) is 11.6 Å². The smallest absolute Gasteiger partial charge is 0.126 e. The van der Waals surface area contributed by atoms with Gasteiger partial charge in [0, 0.05) is 31.1 Å². The molecule has 1 aliphatic rings. The van der Waals surface area contributed by atoms with E-state index in [-0.39, 0.29) is 0 Å². The first kappa shape index (κ1) is 12.8. The number of alkyl halides is 1. The standard InChI is InChI=1S/C13H16ClF2N/c14-4-5-17(13-2-1-3-13)9-10-6-11(15)8-12(16)7-10/h6-8,13H,1-5,9H2. The predicted molar refractivity (Wildman–Crippen MR) is 65.1 cm³/mol. The molecule has 1 fully saturated rings. The van der Waals surface area contributed by atoms with Crippen LogP contribution >= 0.6 is 11.6 Å². The third-order valence-corrected chi connectivity index (χ3v) is 3.44. The van der Waals surface area contributed by atoms with Crippen molar-refractivity contribution in [2.45, 2.75) is 31.8 Å². The number of hydrogen-bond donors (Lipinski definition) is 0. The largest absolute Gasteiger partial charge is 0.295 e. The van der Waals surface area contributed by atoms with Crippen LogP contribution in [0.4, 0.5) is 8.78 Å². The van der Waals surface area contributed by atoms with Gasteiger partial charge in [0.2, 0.25) is 0 Å². The maximum absolute atomic E-state index is 13.1. The molecular formula is C13H16ClF2N. The second-order valence-corrected chi connectivity index (χ2v) is 4.90. The molecule has 1 aromatic carbocycles. The highest BCUT2D eigenvalue weighted by molar-refractivity contribution is 6.18. The molecule has 1 saturated carbocycles. The number of benzene rings is 1. The van der Waals surface area contributed by atoms with Crippen LogP contribution < -0.4 is 0 Å². The van der Waals surface area contributed by atoms with Gasteiger partial charge in [-0.3, -0.25) is 4.90 Å². The highest BCUT2D eigenvalue weighted by Crippen LogP contribution is 2.26. The normalized spacial score (nSPS) is 16.2. The number of hydrogen-bond acceptors (Lipinski definition) is 1. The zero-order chi connectivity index (χ0) is 12.3. The van der Waals surface area contributed by atoms with E-state index >= 15 is 0 Å². The lowest BCUT2D eigenvalue weighted by molar-refractivity contribution is 0.127. The summed E-state index contributed by atoms with van der Waals surface area (Å²) in [7, 11) is 0. The van der Waals surface area contributed by atoms with Crippen molar-refractivity contribution in [3.8, 4) is 0 Å². The summed E-state index contributed by atoms with van der Waals surface area (Å²) in [5.74, 6) is -0.479. The summed E-state index contributed by atoms with van der Waals surface area (Å²) in [5, 5.41) is 0. The third-order valence-electron chi connectivity index (χ3n) is 3.27. The first-order valence-electron chi connectivity index (χ1n) is 5.94. The lowest BCUT2D eigenvalue weighted by Gasteiger charge is -2.37. The fourth-order valence-corrected chi connectivity index (χ4v) is 2.40. The van der Waals surface area contributed by atoms with E-state index in [1.807, 2.05) is 0 Å². The molecule has 0 spiro atoms. The molecule has 0 unspecified atom stereocenters. The van der Waals surface area contributed by atoms with Crippen LogP contribution in [-0.4, -0.2) is 23.4 Å². The number of rotatable bonds is 5. The van der Waals surface area contributed by atoms with Gasteiger partial charge in [-0.15, -0.1) is 11.6 Å². The first-order valence-corrected chi connectivity index (χ1v) is 6.47. The molecule has 0 aliphatic heterocycles. The van der Waals surface area contributed by atoms with Crippen molar-refractivity contribution in [1.82, 2.24) is 4.90 Å². The summed E-state index contributed by atoms with van der Waals surface area (Å²) in [5.41, 5.74) is 0.680. The maximum Gasteiger partial charge on any atom is 0.126 e. The molecule has 0 atom stereocenters. The highest BCUT2D eigenvalue weighted by Gasteiger charge is 2.24. The summed E-state index contributed by atoms with van der Waals surface area (Å²) in [4.78, 5) is 2.21. The maximum atomic E-state index is 13.1. The van der Waals surface area contributed by atoms with E-state index < -0.39 is 11.6 Å². The second kappa shape index (κ2) is 5.78. The first-order chi connectivity index (χ1) is 8.19. The van der Waals surface area contributed by atoms with Crippen molar-refractivity contribution >= 4 is 11.6 Å². The fourth-order valence-electron chi connectivity index (χ4n) is 2.19. The summed E-state index contributed by atoms with van der Waals surface area (Å²) in [6.07, 6.45) is 3.56. The molecule has 1 aromatic rings. The minimum atomic E-state index is -0.514. The molecule has 0 amide bonds. The van der Waals surface area contributed by atoms with E-state index in [1.165, 1.54) is 18.6 Å². The molecule has 0 N–H and O–H groups in total. The molecule has 0 radical (unpaired) electrons. The second-order valence-electron chi connectivity index (χ2n) is 4.52. The highest BCUT2D eigenvalue weighted by atomic mass is 35.5. The molecule has 1 nitrogen and oxygen atoms in total. The van der Waals surface area contributed by atoms with Gasteiger partial charge in [-0.05, 0) is 30.5 Å². The Morgan fingerprint density at radius 1 is 1.18 bits per heavy atom. The molecule has 4 heteroatoms. The lowest BCUT2D eigenvalue weighted by Crippen LogP contribution is -2.40. The average molecular weight is 260 g/mol. The Morgan fingerprint density at radius 2 is 1.82 bits per heavy atom. The van der Waals surface area contributed by atoms with Crippen molar-refractivity contribution < 1.29 is 8.78 Å². The minimum Gasteiger partial charge on any atom is -0.295 e. The Labute approximate surface area is 105 Å². The van der Waals surface area contributed by atoms with Gasteiger partial charge in [0.25, 0.3) is 0 Å². The Kier molecular flexibility index (Phi) is 4.35. The van der Waals surface area contributed by atoms with Crippen LogP contribution in [0, 0.1) is 11.6 Å². The summed E-state index contributed by atoms with van der Waals surface area (Å²) in [6, 6.07) is 4.21. The van der Waals surface area contributed by atoms with Crippen LogP contribution in [0.5, 0.6) is 0 Å².